The quantitative estimate of drug-likeness (QED) is 0.0211. The van der Waals surface area contributed by atoms with Crippen molar-refractivity contribution >= 4 is 17.9 Å². The van der Waals surface area contributed by atoms with Gasteiger partial charge >= 0.3 is 17.9 Å². The molecule has 0 aromatic carbocycles. The molecule has 0 saturated heterocycles. The predicted molar refractivity (Wildman–Crippen MR) is 318 cm³/mol. The molecule has 0 saturated carbocycles. The fraction of sp³-hybridized carbons (Fsp3) is 0.894. The summed E-state index contributed by atoms with van der Waals surface area (Å²) in [6.45, 7) is 4.88. The number of hydrogen-bond acceptors (Lipinski definition) is 7. The van der Waals surface area contributed by atoms with Gasteiger partial charge in [0, 0.05) is 12.8 Å². The third kappa shape index (κ3) is 59.3. The Bertz CT molecular complexity index is 1280. The van der Waals surface area contributed by atoms with Gasteiger partial charge in [-0.3, -0.25) is 9.59 Å². The molecule has 0 radical (unpaired) electrons. The number of likely N-dealkylation sites (N-methyl/N-ethyl adjacent to an activating group) is 1. The minimum atomic E-state index is -1.51. The van der Waals surface area contributed by atoms with E-state index in [0.29, 0.717) is 23.9 Å². The molecule has 442 valence electrons. The number of esters is 2. The van der Waals surface area contributed by atoms with Crippen molar-refractivity contribution in [2.45, 2.75) is 334 Å². The zero-order valence-corrected chi connectivity index (χ0v) is 50.5. The number of quaternary nitrogens is 1. The molecule has 0 fully saturated rings. The summed E-state index contributed by atoms with van der Waals surface area (Å²) in [5.41, 5.74) is 0. The van der Waals surface area contributed by atoms with E-state index in [9.17, 15) is 19.5 Å². The molecular weight excluding hydrogens is 935 g/mol. The summed E-state index contributed by atoms with van der Waals surface area (Å²) in [6, 6.07) is 0. The zero-order chi connectivity index (χ0) is 54.8. The Kier molecular flexibility index (Phi) is 56.2. The van der Waals surface area contributed by atoms with E-state index in [1.807, 2.05) is 21.1 Å². The molecule has 0 aliphatic heterocycles. The number of hydrogen-bond donors (Lipinski definition) is 1. The molecule has 0 amide bonds. The molecule has 75 heavy (non-hydrogen) atoms. The molecule has 0 spiro atoms. The first-order valence-corrected chi connectivity index (χ1v) is 32.5. The third-order valence-electron chi connectivity index (χ3n) is 14.7. The normalized spacial score (nSPS) is 12.8. The molecule has 0 aromatic heterocycles. The highest BCUT2D eigenvalue weighted by Crippen LogP contribution is 2.18. The van der Waals surface area contributed by atoms with Gasteiger partial charge in [0.2, 0.25) is 0 Å². The lowest BCUT2D eigenvalue weighted by Gasteiger charge is -2.25. The van der Waals surface area contributed by atoms with E-state index in [0.717, 1.165) is 57.8 Å². The maximum absolute atomic E-state index is 12.8. The number of allylic oxidation sites excluding steroid dienone is 4. The summed E-state index contributed by atoms with van der Waals surface area (Å²) in [4.78, 5) is 37.4. The number of nitrogens with zero attached hydrogens (tertiary/aromatic N) is 1. The fourth-order valence-electron chi connectivity index (χ4n) is 9.70. The topological polar surface area (TPSA) is 108 Å². The van der Waals surface area contributed by atoms with E-state index < -0.39 is 24.3 Å². The van der Waals surface area contributed by atoms with Gasteiger partial charge in [0.15, 0.2) is 6.10 Å². The van der Waals surface area contributed by atoms with E-state index in [-0.39, 0.29) is 32.2 Å². The van der Waals surface area contributed by atoms with Crippen LogP contribution in [0.3, 0.4) is 0 Å². The van der Waals surface area contributed by atoms with Crippen molar-refractivity contribution in [2.75, 3.05) is 47.5 Å². The lowest BCUT2D eigenvalue weighted by molar-refractivity contribution is -0.870. The van der Waals surface area contributed by atoms with Crippen LogP contribution in [0.5, 0.6) is 0 Å². The monoisotopic (exact) mass is 1060 g/mol. The molecule has 2 unspecified atom stereocenters. The van der Waals surface area contributed by atoms with Crippen LogP contribution in [-0.4, -0.2) is 87.4 Å². The fourth-order valence-corrected chi connectivity index (χ4v) is 9.70. The molecule has 0 aliphatic rings. The number of unbranched alkanes of at least 4 members (excludes halogenated alkanes) is 42. The molecular formula is C66H126NO8+. The third-order valence-corrected chi connectivity index (χ3v) is 14.7. The van der Waals surface area contributed by atoms with Crippen LogP contribution in [0.4, 0.5) is 0 Å². The SMILES string of the molecule is CCCCC/C=C\C/C=C\CCCCCCCC(=O)OC(COC(=O)CCCCCCCCCCCCCCCCCCCCCCCCCCCCCCCCCCCCC)COC(OCC[N+](C)(C)C)C(=O)O. The van der Waals surface area contributed by atoms with Crippen LogP contribution in [-0.2, 0) is 33.3 Å². The highest BCUT2D eigenvalue weighted by atomic mass is 16.7. The Morgan fingerprint density at radius 3 is 1.08 bits per heavy atom. The van der Waals surface area contributed by atoms with Crippen molar-refractivity contribution < 1.29 is 42.9 Å². The summed E-state index contributed by atoms with van der Waals surface area (Å²) < 4.78 is 22.9. The molecule has 0 rings (SSSR count). The minimum absolute atomic E-state index is 0.183. The second kappa shape index (κ2) is 57.9. The number of carbonyl (C=O) groups excluding carboxylic acids is 2. The predicted octanol–water partition coefficient (Wildman–Crippen LogP) is 19.5. The van der Waals surface area contributed by atoms with Crippen LogP contribution in [0.1, 0.15) is 322 Å². The number of carboxylic acids is 1. The van der Waals surface area contributed by atoms with Gasteiger partial charge in [-0.15, -0.1) is 0 Å². The Balaban J connectivity index is 3.96. The van der Waals surface area contributed by atoms with Crippen LogP contribution in [0.2, 0.25) is 0 Å². The van der Waals surface area contributed by atoms with Crippen molar-refractivity contribution in [3.63, 3.8) is 0 Å². The second-order valence-corrected chi connectivity index (χ2v) is 23.4. The number of aliphatic carboxylic acids is 1. The van der Waals surface area contributed by atoms with Crippen molar-refractivity contribution in [3.05, 3.63) is 24.3 Å². The van der Waals surface area contributed by atoms with E-state index in [4.69, 9.17) is 18.9 Å². The van der Waals surface area contributed by atoms with Crippen molar-refractivity contribution in [2.24, 2.45) is 0 Å². The minimum Gasteiger partial charge on any atom is -0.477 e. The van der Waals surface area contributed by atoms with Crippen molar-refractivity contribution in [1.82, 2.24) is 0 Å². The van der Waals surface area contributed by atoms with Gasteiger partial charge in [-0.25, -0.2) is 4.79 Å². The lowest BCUT2D eigenvalue weighted by atomic mass is 10.0. The van der Waals surface area contributed by atoms with Crippen LogP contribution in [0.15, 0.2) is 24.3 Å². The van der Waals surface area contributed by atoms with Gasteiger partial charge in [-0.2, -0.15) is 0 Å². The van der Waals surface area contributed by atoms with Gasteiger partial charge in [0.1, 0.15) is 13.2 Å². The molecule has 9 heteroatoms. The Hall–Kier alpha value is -2.23. The maximum Gasteiger partial charge on any atom is 0.361 e. The highest BCUT2D eigenvalue weighted by molar-refractivity contribution is 5.71. The smallest absolute Gasteiger partial charge is 0.361 e. The van der Waals surface area contributed by atoms with Crippen molar-refractivity contribution in [1.29, 1.82) is 0 Å². The van der Waals surface area contributed by atoms with Crippen LogP contribution in [0, 0.1) is 0 Å². The van der Waals surface area contributed by atoms with E-state index >= 15 is 0 Å². The molecule has 0 aromatic rings. The Morgan fingerprint density at radius 2 is 0.720 bits per heavy atom. The second-order valence-electron chi connectivity index (χ2n) is 23.4. The molecule has 0 bridgehead atoms. The summed E-state index contributed by atoms with van der Waals surface area (Å²) in [5.74, 6) is -2.00. The van der Waals surface area contributed by atoms with Crippen LogP contribution < -0.4 is 0 Å². The summed E-state index contributed by atoms with van der Waals surface area (Å²) in [7, 11) is 5.97. The summed E-state index contributed by atoms with van der Waals surface area (Å²) >= 11 is 0. The number of carbonyl (C=O) groups is 3. The summed E-state index contributed by atoms with van der Waals surface area (Å²) in [5, 5.41) is 9.70. The van der Waals surface area contributed by atoms with Gasteiger partial charge in [0.05, 0.1) is 34.4 Å². The largest absolute Gasteiger partial charge is 0.477 e. The first kappa shape index (κ1) is 72.8. The summed E-state index contributed by atoms with van der Waals surface area (Å²) in [6.07, 6.45) is 67.3. The Labute approximate surface area is 465 Å². The zero-order valence-electron chi connectivity index (χ0n) is 50.5. The standard InChI is InChI=1S/C66H125NO8/c1-6-8-10-12-14-16-18-20-22-23-24-25-26-27-28-29-30-31-32-33-34-35-36-37-38-39-40-41-43-44-46-48-50-52-54-56-63(68)73-60-62(61-74-66(65(70)71)72-59-58-67(3,4)5)75-64(69)57-55-53-51-49-47-45-42-21-19-17-15-13-11-9-7-2/h15,17,21,42,62,66H,6-14,16,18-20,22-41,43-61H2,1-5H3/p+1/b17-15-,42-21-. The van der Waals surface area contributed by atoms with E-state index in [1.165, 1.54) is 231 Å². The maximum atomic E-state index is 12.8. The first-order valence-electron chi connectivity index (χ1n) is 32.5. The average molecular weight is 1060 g/mol. The number of carboxylic acid groups (broad SMARTS) is 1. The average Bonchev–Trinajstić information content (AvgIpc) is 3.38. The molecule has 2 atom stereocenters. The van der Waals surface area contributed by atoms with Gasteiger partial charge in [-0.1, -0.05) is 289 Å². The van der Waals surface area contributed by atoms with Crippen molar-refractivity contribution in [3.8, 4) is 0 Å². The number of rotatable bonds is 61. The van der Waals surface area contributed by atoms with Gasteiger partial charge in [0.25, 0.3) is 6.29 Å². The van der Waals surface area contributed by atoms with E-state index in [1.54, 1.807) is 0 Å². The van der Waals surface area contributed by atoms with Gasteiger partial charge in [-0.05, 0) is 44.9 Å². The van der Waals surface area contributed by atoms with Crippen LogP contribution >= 0.6 is 0 Å². The highest BCUT2D eigenvalue weighted by Gasteiger charge is 2.25. The molecule has 0 heterocycles. The molecule has 0 aliphatic carbocycles. The lowest BCUT2D eigenvalue weighted by Crippen LogP contribution is -2.40. The van der Waals surface area contributed by atoms with Gasteiger partial charge < -0.3 is 28.5 Å². The van der Waals surface area contributed by atoms with E-state index in [2.05, 4.69) is 38.2 Å². The molecule has 1 N–H and O–H groups in total. The Morgan fingerprint density at radius 1 is 0.400 bits per heavy atom. The first-order chi connectivity index (χ1) is 36.6. The number of ether oxygens (including phenoxy) is 4. The molecule has 9 nitrogen and oxygen atoms in total. The van der Waals surface area contributed by atoms with Crippen LogP contribution in [0.25, 0.3) is 0 Å².